The molecule has 0 radical (unpaired) electrons. The van der Waals surface area contributed by atoms with E-state index in [-0.39, 0.29) is 6.32 Å². The van der Waals surface area contributed by atoms with Crippen molar-refractivity contribution in [3.63, 3.8) is 0 Å². The molecule has 0 saturated heterocycles. The van der Waals surface area contributed by atoms with E-state index in [1.807, 2.05) is 25.2 Å². The Morgan fingerprint density at radius 3 is 2.39 bits per heavy atom. The zero-order valence-corrected chi connectivity index (χ0v) is 17.1. The third-order valence-electron chi connectivity index (χ3n) is 4.93. The van der Waals surface area contributed by atoms with E-state index in [2.05, 4.69) is 4.90 Å². The summed E-state index contributed by atoms with van der Waals surface area (Å²) < 4.78 is 10.5. The average Bonchev–Trinajstić information content (AvgIpc) is 2.67. The number of carboxylic acid groups (broad SMARTS) is 1. The van der Waals surface area contributed by atoms with Gasteiger partial charge in [0.15, 0.2) is 11.5 Å². The van der Waals surface area contributed by atoms with Crippen LogP contribution in [0.15, 0.2) is 18.2 Å². The van der Waals surface area contributed by atoms with E-state index in [9.17, 15) is 9.90 Å². The number of methoxy groups -OCH3 is 2. The van der Waals surface area contributed by atoms with Crippen molar-refractivity contribution in [2.75, 3.05) is 34.4 Å². The van der Waals surface area contributed by atoms with Crippen molar-refractivity contribution in [1.29, 1.82) is 0 Å². The molecule has 0 aliphatic heterocycles. The van der Waals surface area contributed by atoms with Gasteiger partial charge < -0.3 is 35.3 Å². The number of nitrogens with two attached hydrogens (primary N) is 1. The number of unbranched alkanes of at least 4 members (excludes halogenated alkanes) is 1. The van der Waals surface area contributed by atoms with E-state index in [4.69, 9.17) is 25.3 Å². The van der Waals surface area contributed by atoms with Crippen LogP contribution in [0.1, 0.15) is 31.2 Å². The molecule has 0 fully saturated rings. The second-order valence-electron chi connectivity index (χ2n) is 7.18. The number of ether oxygens (including phenoxy) is 2. The van der Waals surface area contributed by atoms with Gasteiger partial charge in [-0.05, 0) is 50.3 Å². The van der Waals surface area contributed by atoms with Crippen LogP contribution in [0.3, 0.4) is 0 Å². The van der Waals surface area contributed by atoms with Gasteiger partial charge in [-0.3, -0.25) is 4.79 Å². The Bertz CT molecular complexity index is 616. The van der Waals surface area contributed by atoms with E-state index in [1.165, 1.54) is 0 Å². The van der Waals surface area contributed by atoms with E-state index in [0.717, 1.165) is 18.5 Å². The maximum absolute atomic E-state index is 11.6. The molecular weight excluding hydrogens is 363 g/mol. The minimum absolute atomic E-state index is 0.223. The van der Waals surface area contributed by atoms with Gasteiger partial charge in [0.1, 0.15) is 5.54 Å². The molecule has 0 heterocycles. The Labute approximate surface area is 167 Å². The first-order valence-electron chi connectivity index (χ1n) is 9.49. The number of carboxylic acids is 1. The number of likely N-dealkylation sites (N-methyl/N-ethyl adjacent to an activating group) is 1. The molecule has 1 atom stereocenters. The van der Waals surface area contributed by atoms with Crippen molar-refractivity contribution >= 4 is 13.1 Å². The number of rotatable bonds is 14. The number of aliphatic carboxylic acids is 1. The smallest absolute Gasteiger partial charge is 0.451 e. The summed E-state index contributed by atoms with van der Waals surface area (Å²) in [5.41, 5.74) is 5.90. The van der Waals surface area contributed by atoms with E-state index >= 15 is 0 Å². The molecule has 1 aromatic carbocycles. The van der Waals surface area contributed by atoms with Crippen LogP contribution in [0.4, 0.5) is 0 Å². The van der Waals surface area contributed by atoms with Gasteiger partial charge in [0.25, 0.3) is 0 Å². The van der Waals surface area contributed by atoms with E-state index < -0.39 is 18.6 Å². The zero-order chi connectivity index (χ0) is 21.2. The first-order valence-corrected chi connectivity index (χ1v) is 9.49. The summed E-state index contributed by atoms with van der Waals surface area (Å²) in [6, 6.07) is 5.79. The molecule has 28 heavy (non-hydrogen) atoms. The molecular formula is C19H33BN2O6. The van der Waals surface area contributed by atoms with Crippen LogP contribution in [-0.4, -0.2) is 73.0 Å². The molecule has 0 spiro atoms. The first kappa shape index (κ1) is 24.2. The third kappa shape index (κ3) is 8.06. The summed E-state index contributed by atoms with van der Waals surface area (Å²) >= 11 is 0. The maximum atomic E-state index is 11.6. The highest BCUT2D eigenvalue weighted by molar-refractivity contribution is 6.40. The van der Waals surface area contributed by atoms with Crippen molar-refractivity contribution in [3.8, 4) is 11.5 Å². The minimum atomic E-state index is -1.36. The predicted octanol–water partition coefficient (Wildman–Crippen LogP) is 0.993. The molecule has 0 saturated carbocycles. The molecule has 0 aliphatic rings. The Hall–Kier alpha value is -1.81. The van der Waals surface area contributed by atoms with Gasteiger partial charge in [0.05, 0.1) is 14.2 Å². The molecule has 0 unspecified atom stereocenters. The van der Waals surface area contributed by atoms with Gasteiger partial charge in [0, 0.05) is 13.1 Å². The van der Waals surface area contributed by atoms with Crippen molar-refractivity contribution in [3.05, 3.63) is 23.8 Å². The molecule has 1 rings (SSSR count). The summed E-state index contributed by atoms with van der Waals surface area (Å²) in [5, 5.41) is 27.2. The van der Waals surface area contributed by atoms with Gasteiger partial charge in [-0.15, -0.1) is 0 Å². The SMILES string of the molecule is COc1ccc(CCN(C)CC[C@](N)(CCCCB(O)O)C(=O)O)cc1OC. The van der Waals surface area contributed by atoms with Crippen molar-refractivity contribution in [2.45, 2.75) is 44.0 Å². The van der Waals surface area contributed by atoms with Crippen molar-refractivity contribution < 1.29 is 29.4 Å². The van der Waals surface area contributed by atoms with Crippen LogP contribution < -0.4 is 15.2 Å². The normalized spacial score (nSPS) is 13.2. The highest BCUT2D eigenvalue weighted by Crippen LogP contribution is 2.27. The zero-order valence-electron chi connectivity index (χ0n) is 17.1. The lowest BCUT2D eigenvalue weighted by Crippen LogP contribution is -2.50. The molecule has 9 heteroatoms. The van der Waals surface area contributed by atoms with E-state index in [1.54, 1.807) is 14.2 Å². The molecule has 5 N–H and O–H groups in total. The van der Waals surface area contributed by atoms with Gasteiger partial charge in [-0.1, -0.05) is 18.9 Å². The third-order valence-corrected chi connectivity index (χ3v) is 4.93. The fourth-order valence-electron chi connectivity index (χ4n) is 2.96. The van der Waals surface area contributed by atoms with Crippen LogP contribution in [0.5, 0.6) is 11.5 Å². The standard InChI is InChI=1S/C19H33BN2O6/c1-22(12-8-15-6-7-16(27-2)17(14-15)28-3)13-10-19(21,18(23)24)9-4-5-11-20(25)26/h6-7,14,25-26H,4-5,8-13,21H2,1-3H3,(H,23,24)/t19-/m1/s1. The summed E-state index contributed by atoms with van der Waals surface area (Å²) in [7, 11) is 3.77. The number of carbonyl (C=O) groups is 1. The topological polar surface area (TPSA) is 125 Å². The molecule has 0 aromatic heterocycles. The van der Waals surface area contributed by atoms with Gasteiger partial charge in [0.2, 0.25) is 0 Å². The number of hydrogen-bond acceptors (Lipinski definition) is 7. The lowest BCUT2D eigenvalue weighted by atomic mass is 9.81. The average molecular weight is 396 g/mol. The summed E-state index contributed by atoms with van der Waals surface area (Å²) in [4.78, 5) is 13.7. The molecule has 158 valence electrons. The second-order valence-corrected chi connectivity index (χ2v) is 7.18. The second kappa shape index (κ2) is 11.9. The molecule has 0 amide bonds. The summed E-state index contributed by atoms with van der Waals surface area (Å²) in [6.07, 6.45) is 2.71. The number of benzene rings is 1. The van der Waals surface area contributed by atoms with Crippen LogP contribution in [-0.2, 0) is 11.2 Å². The molecule has 0 bridgehead atoms. The fraction of sp³-hybridized carbons (Fsp3) is 0.632. The van der Waals surface area contributed by atoms with Gasteiger partial charge in [-0.25, -0.2) is 0 Å². The van der Waals surface area contributed by atoms with Crippen LogP contribution >= 0.6 is 0 Å². The summed E-state index contributed by atoms with van der Waals surface area (Å²) in [6.45, 7) is 1.31. The Kier molecular flexibility index (Phi) is 10.3. The predicted molar refractivity (Wildman–Crippen MR) is 109 cm³/mol. The summed E-state index contributed by atoms with van der Waals surface area (Å²) in [5.74, 6) is 0.343. The lowest BCUT2D eigenvalue weighted by molar-refractivity contribution is -0.144. The van der Waals surface area contributed by atoms with Crippen LogP contribution in [0.25, 0.3) is 0 Å². The van der Waals surface area contributed by atoms with Crippen LogP contribution in [0, 0.1) is 0 Å². The van der Waals surface area contributed by atoms with Crippen molar-refractivity contribution in [1.82, 2.24) is 4.90 Å². The van der Waals surface area contributed by atoms with Gasteiger partial charge in [-0.2, -0.15) is 0 Å². The largest absolute Gasteiger partial charge is 0.493 e. The quantitative estimate of drug-likeness (QED) is 0.271. The number of hydrogen-bond donors (Lipinski definition) is 4. The Morgan fingerprint density at radius 2 is 1.82 bits per heavy atom. The fourth-order valence-corrected chi connectivity index (χ4v) is 2.96. The lowest BCUT2D eigenvalue weighted by Gasteiger charge is -2.27. The Morgan fingerprint density at radius 1 is 1.14 bits per heavy atom. The monoisotopic (exact) mass is 396 g/mol. The Balaban J connectivity index is 2.50. The maximum Gasteiger partial charge on any atom is 0.451 e. The van der Waals surface area contributed by atoms with E-state index in [0.29, 0.717) is 43.7 Å². The molecule has 0 aliphatic carbocycles. The highest BCUT2D eigenvalue weighted by atomic mass is 16.5. The molecule has 8 nitrogen and oxygen atoms in total. The van der Waals surface area contributed by atoms with Crippen LogP contribution in [0.2, 0.25) is 6.32 Å². The first-order chi connectivity index (χ1) is 13.2. The number of nitrogens with zero attached hydrogens (tertiary/aromatic N) is 1. The van der Waals surface area contributed by atoms with Gasteiger partial charge >= 0.3 is 13.1 Å². The highest BCUT2D eigenvalue weighted by Gasteiger charge is 2.33. The van der Waals surface area contributed by atoms with Crippen molar-refractivity contribution in [2.24, 2.45) is 5.73 Å². The minimum Gasteiger partial charge on any atom is -0.493 e. The molecule has 1 aromatic rings.